The number of halogens is 1. The molecule has 43 heavy (non-hydrogen) atoms. The highest BCUT2D eigenvalue weighted by atomic mass is 35.5. The number of aliphatic carboxylic acids is 1. The predicted octanol–water partition coefficient (Wildman–Crippen LogP) is 5.35. The van der Waals surface area contributed by atoms with Crippen molar-refractivity contribution >= 4 is 47.0 Å². The topological polar surface area (TPSA) is 128 Å². The van der Waals surface area contributed by atoms with Crippen molar-refractivity contribution in [1.29, 1.82) is 0 Å². The lowest BCUT2D eigenvalue weighted by Crippen LogP contribution is -2.36. The van der Waals surface area contributed by atoms with Crippen LogP contribution in [0.25, 0.3) is 0 Å². The van der Waals surface area contributed by atoms with Crippen molar-refractivity contribution < 1.29 is 24.2 Å². The SMILES string of the molecule is CCN(CC)c1ncc(N(CC)C(=O)c2cccc(Cl)c2)c(N[C@@H](Cc2ccc(OC(=O)N3CCCC3)cc2)C(=O)O)n1. The van der Waals surface area contributed by atoms with Gasteiger partial charge in [-0.05, 0) is 69.5 Å². The number of ether oxygens (including phenoxy) is 1. The number of hydrogen-bond donors (Lipinski definition) is 2. The molecule has 1 saturated heterocycles. The average molecular weight is 609 g/mol. The fourth-order valence-corrected chi connectivity index (χ4v) is 5.08. The fraction of sp³-hybridized carbons (Fsp3) is 0.387. The first kappa shape index (κ1) is 31.6. The van der Waals surface area contributed by atoms with Gasteiger partial charge in [-0.1, -0.05) is 29.8 Å². The molecule has 12 heteroatoms. The molecule has 0 bridgehead atoms. The second-order valence-electron chi connectivity index (χ2n) is 10.1. The summed E-state index contributed by atoms with van der Waals surface area (Å²) in [6.07, 6.45) is 3.19. The first-order valence-corrected chi connectivity index (χ1v) is 14.9. The molecule has 1 aromatic heterocycles. The van der Waals surface area contributed by atoms with Crippen LogP contribution in [0.2, 0.25) is 5.02 Å². The quantitative estimate of drug-likeness (QED) is 0.280. The summed E-state index contributed by atoms with van der Waals surface area (Å²) in [7, 11) is 0. The molecule has 0 aliphatic carbocycles. The van der Waals surface area contributed by atoms with Gasteiger partial charge in [-0.3, -0.25) is 4.79 Å². The molecule has 2 amide bonds. The van der Waals surface area contributed by atoms with E-state index in [1.807, 2.05) is 25.7 Å². The van der Waals surface area contributed by atoms with Crippen LogP contribution < -0.4 is 19.9 Å². The Morgan fingerprint density at radius 3 is 2.35 bits per heavy atom. The zero-order chi connectivity index (χ0) is 30.9. The highest BCUT2D eigenvalue weighted by Crippen LogP contribution is 2.29. The van der Waals surface area contributed by atoms with Crippen LogP contribution in [-0.2, 0) is 11.2 Å². The summed E-state index contributed by atoms with van der Waals surface area (Å²) in [4.78, 5) is 52.6. The normalized spacial score (nSPS) is 13.3. The number of nitrogens with one attached hydrogen (secondary N) is 1. The Kier molecular flexibility index (Phi) is 10.8. The van der Waals surface area contributed by atoms with Crippen molar-refractivity contribution in [2.75, 3.05) is 47.8 Å². The maximum atomic E-state index is 13.5. The molecular weight excluding hydrogens is 572 g/mol. The number of rotatable bonds is 12. The number of carboxylic acids is 1. The van der Waals surface area contributed by atoms with Crippen LogP contribution in [0.4, 0.5) is 22.2 Å². The van der Waals surface area contributed by atoms with Crippen LogP contribution in [0.1, 0.15) is 49.5 Å². The maximum absolute atomic E-state index is 13.5. The van der Waals surface area contributed by atoms with Crippen LogP contribution in [0.3, 0.4) is 0 Å². The number of likely N-dealkylation sites (tertiary alicyclic amines) is 1. The zero-order valence-corrected chi connectivity index (χ0v) is 25.4. The van der Waals surface area contributed by atoms with Crippen molar-refractivity contribution in [1.82, 2.24) is 14.9 Å². The number of amides is 2. The maximum Gasteiger partial charge on any atom is 0.415 e. The molecular formula is C31H37ClN6O5. The van der Waals surface area contributed by atoms with Crippen LogP contribution in [0, 0.1) is 0 Å². The average Bonchev–Trinajstić information content (AvgIpc) is 3.55. The molecule has 2 N–H and O–H groups in total. The Balaban J connectivity index is 1.60. The molecule has 11 nitrogen and oxygen atoms in total. The van der Waals surface area contributed by atoms with Gasteiger partial charge >= 0.3 is 12.1 Å². The Labute approximate surface area is 256 Å². The Hall–Kier alpha value is -4.38. The standard InChI is InChI=1S/C31H37ClN6O5/c1-4-36(5-2)30-33-20-26(38(6-3)28(39)22-10-9-11-23(32)19-22)27(35-30)34-25(29(40)41)18-21-12-14-24(15-13-21)43-31(42)37-16-7-8-17-37/h9-15,19-20,25H,4-8,16-18H2,1-3H3,(H,40,41)(H,33,34,35)/t25-/m0/s1. The number of carboxylic acid groups (broad SMARTS) is 1. The van der Waals surface area contributed by atoms with E-state index in [2.05, 4.69) is 15.3 Å². The van der Waals surface area contributed by atoms with E-state index in [1.54, 1.807) is 53.4 Å². The van der Waals surface area contributed by atoms with Crippen LogP contribution >= 0.6 is 11.6 Å². The second kappa shape index (κ2) is 14.7. The fourth-order valence-electron chi connectivity index (χ4n) is 4.89. The molecule has 0 radical (unpaired) electrons. The largest absolute Gasteiger partial charge is 0.480 e. The van der Waals surface area contributed by atoms with Gasteiger partial charge in [0.15, 0.2) is 5.82 Å². The van der Waals surface area contributed by atoms with E-state index in [9.17, 15) is 19.5 Å². The molecule has 1 fully saturated rings. The van der Waals surface area contributed by atoms with Crippen molar-refractivity contribution in [3.8, 4) is 5.75 Å². The summed E-state index contributed by atoms with van der Waals surface area (Å²) in [5.74, 6) is -0.394. The van der Waals surface area contributed by atoms with E-state index in [-0.39, 0.29) is 30.8 Å². The van der Waals surface area contributed by atoms with E-state index < -0.39 is 12.0 Å². The van der Waals surface area contributed by atoms with Crippen LogP contribution in [0.15, 0.2) is 54.7 Å². The van der Waals surface area contributed by atoms with E-state index in [0.29, 0.717) is 59.7 Å². The summed E-state index contributed by atoms with van der Waals surface area (Å²) < 4.78 is 5.47. The van der Waals surface area contributed by atoms with Crippen molar-refractivity contribution in [2.24, 2.45) is 0 Å². The van der Waals surface area contributed by atoms with Gasteiger partial charge < -0.3 is 29.9 Å². The third-order valence-electron chi connectivity index (χ3n) is 7.27. The Morgan fingerprint density at radius 2 is 1.74 bits per heavy atom. The number of hydrogen-bond acceptors (Lipinski definition) is 8. The predicted molar refractivity (Wildman–Crippen MR) is 166 cm³/mol. The molecule has 1 aliphatic heterocycles. The summed E-state index contributed by atoms with van der Waals surface area (Å²) in [5, 5.41) is 13.7. The molecule has 3 aromatic rings. The zero-order valence-electron chi connectivity index (χ0n) is 24.6. The second-order valence-corrected chi connectivity index (χ2v) is 10.5. The molecule has 228 valence electrons. The minimum absolute atomic E-state index is 0.105. The molecule has 0 saturated carbocycles. The first-order chi connectivity index (χ1) is 20.7. The number of benzene rings is 2. The number of carbonyl (C=O) groups excluding carboxylic acids is 2. The van der Waals surface area contributed by atoms with Gasteiger partial charge in [0.05, 0.1) is 6.20 Å². The van der Waals surface area contributed by atoms with E-state index >= 15 is 0 Å². The van der Waals surface area contributed by atoms with Crippen molar-refractivity contribution in [3.63, 3.8) is 0 Å². The van der Waals surface area contributed by atoms with Gasteiger partial charge in [-0.2, -0.15) is 4.98 Å². The summed E-state index contributed by atoms with van der Waals surface area (Å²) in [5.41, 5.74) is 1.44. The molecule has 0 unspecified atom stereocenters. The molecule has 1 atom stereocenters. The van der Waals surface area contributed by atoms with Crippen LogP contribution in [-0.4, -0.2) is 76.7 Å². The highest BCUT2D eigenvalue weighted by molar-refractivity contribution is 6.31. The summed E-state index contributed by atoms with van der Waals surface area (Å²) in [6.45, 7) is 8.70. The summed E-state index contributed by atoms with van der Waals surface area (Å²) in [6, 6.07) is 12.3. The van der Waals surface area contributed by atoms with Gasteiger partial charge in [0.2, 0.25) is 5.95 Å². The highest BCUT2D eigenvalue weighted by Gasteiger charge is 2.26. The lowest BCUT2D eigenvalue weighted by atomic mass is 10.1. The summed E-state index contributed by atoms with van der Waals surface area (Å²) >= 11 is 6.14. The van der Waals surface area contributed by atoms with Crippen molar-refractivity contribution in [2.45, 2.75) is 46.1 Å². The van der Waals surface area contributed by atoms with E-state index in [1.165, 1.54) is 11.1 Å². The van der Waals surface area contributed by atoms with E-state index in [4.69, 9.17) is 16.3 Å². The third kappa shape index (κ3) is 7.92. The number of anilines is 3. The lowest BCUT2D eigenvalue weighted by Gasteiger charge is -2.27. The van der Waals surface area contributed by atoms with E-state index in [0.717, 1.165) is 12.8 Å². The molecule has 1 aliphatic rings. The minimum Gasteiger partial charge on any atom is -0.480 e. The lowest BCUT2D eigenvalue weighted by molar-refractivity contribution is -0.137. The minimum atomic E-state index is -1.09. The molecule has 2 heterocycles. The molecule has 0 spiro atoms. The van der Waals surface area contributed by atoms with Crippen LogP contribution in [0.5, 0.6) is 5.75 Å². The smallest absolute Gasteiger partial charge is 0.415 e. The Bertz CT molecular complexity index is 1430. The van der Waals surface area contributed by atoms with Gasteiger partial charge in [0, 0.05) is 49.7 Å². The van der Waals surface area contributed by atoms with Gasteiger partial charge in [0.1, 0.15) is 17.5 Å². The molecule has 4 rings (SSSR count). The van der Waals surface area contributed by atoms with Gasteiger partial charge in [0.25, 0.3) is 5.91 Å². The number of aromatic nitrogens is 2. The monoisotopic (exact) mass is 608 g/mol. The first-order valence-electron chi connectivity index (χ1n) is 14.5. The Morgan fingerprint density at radius 1 is 1.05 bits per heavy atom. The van der Waals surface area contributed by atoms with Crippen molar-refractivity contribution in [3.05, 3.63) is 70.9 Å². The number of carbonyl (C=O) groups is 3. The number of nitrogens with zero attached hydrogens (tertiary/aromatic N) is 5. The third-order valence-corrected chi connectivity index (χ3v) is 7.50. The van der Waals surface area contributed by atoms with Gasteiger partial charge in [-0.15, -0.1) is 0 Å². The van der Waals surface area contributed by atoms with Gasteiger partial charge in [-0.25, -0.2) is 14.6 Å². The molecule has 2 aromatic carbocycles.